The predicted octanol–water partition coefficient (Wildman–Crippen LogP) is 2.22. The molecule has 9 heteroatoms. The monoisotopic (exact) mass is 390 g/mol. The number of carbonyl (C=O) groups is 1. The van der Waals surface area contributed by atoms with E-state index in [1.165, 1.54) is 29.5 Å². The van der Waals surface area contributed by atoms with Crippen LogP contribution in [0.3, 0.4) is 0 Å². The van der Waals surface area contributed by atoms with E-state index in [0.717, 1.165) is 6.07 Å². The van der Waals surface area contributed by atoms with Crippen molar-refractivity contribution in [2.75, 3.05) is 6.61 Å². The van der Waals surface area contributed by atoms with Crippen LogP contribution in [0.15, 0.2) is 6.07 Å². The van der Waals surface area contributed by atoms with Crippen LogP contribution in [0, 0.1) is 3.70 Å². The fraction of sp³-hybridized carbons (Fsp3) is 0.400. The molecule has 0 aromatic carbocycles. The number of pyridine rings is 1. The van der Waals surface area contributed by atoms with E-state index in [2.05, 4.69) is 14.5 Å². The third kappa shape index (κ3) is 4.49. The molecule has 0 aliphatic rings. The number of rotatable bonds is 4. The lowest BCUT2D eigenvalue weighted by molar-refractivity contribution is -0.275. The van der Waals surface area contributed by atoms with Crippen LogP contribution in [0.1, 0.15) is 23.0 Å². The number of halogens is 4. The normalized spacial score (nSPS) is 11.3. The van der Waals surface area contributed by atoms with Crippen molar-refractivity contribution in [2.24, 2.45) is 5.73 Å². The molecule has 1 rings (SSSR count). The highest BCUT2D eigenvalue weighted by Crippen LogP contribution is 2.31. The summed E-state index contributed by atoms with van der Waals surface area (Å²) < 4.78 is 45.3. The molecule has 0 aliphatic carbocycles. The lowest BCUT2D eigenvalue weighted by Crippen LogP contribution is -2.21. The number of ether oxygens (including phenoxy) is 2. The van der Waals surface area contributed by atoms with E-state index in [-0.39, 0.29) is 28.1 Å². The molecule has 5 nitrogen and oxygen atoms in total. The van der Waals surface area contributed by atoms with Gasteiger partial charge in [0.15, 0.2) is 5.75 Å². The van der Waals surface area contributed by atoms with Crippen LogP contribution in [0.25, 0.3) is 0 Å². The highest BCUT2D eigenvalue weighted by Gasteiger charge is 2.35. The maximum atomic E-state index is 12.3. The molecule has 0 saturated heterocycles. The Hall–Kier alpha value is -1.10. The van der Waals surface area contributed by atoms with Crippen LogP contribution in [-0.4, -0.2) is 23.9 Å². The Labute approximate surface area is 120 Å². The molecule has 1 aromatic heterocycles. The highest BCUT2D eigenvalue weighted by atomic mass is 127. The number of nitrogens with two attached hydrogens (primary N) is 1. The Kier molecular flexibility index (Phi) is 5.35. The second kappa shape index (κ2) is 6.37. The molecule has 0 fully saturated rings. The molecule has 106 valence electrons. The van der Waals surface area contributed by atoms with Gasteiger partial charge in [-0.3, -0.25) is 0 Å². The summed E-state index contributed by atoms with van der Waals surface area (Å²) in [6.45, 7) is 1.55. The lowest BCUT2D eigenvalue weighted by Gasteiger charge is -2.14. The summed E-state index contributed by atoms with van der Waals surface area (Å²) >= 11 is 1.54. The van der Waals surface area contributed by atoms with Crippen LogP contribution in [0.4, 0.5) is 13.2 Å². The van der Waals surface area contributed by atoms with Crippen LogP contribution in [-0.2, 0) is 11.3 Å². The quantitative estimate of drug-likeness (QED) is 0.485. The van der Waals surface area contributed by atoms with Crippen LogP contribution in [0.5, 0.6) is 5.75 Å². The van der Waals surface area contributed by atoms with Gasteiger partial charge in [0.1, 0.15) is 9.26 Å². The molecular weight excluding hydrogens is 380 g/mol. The van der Waals surface area contributed by atoms with E-state index in [9.17, 15) is 18.0 Å². The number of esters is 1. The van der Waals surface area contributed by atoms with Gasteiger partial charge in [-0.15, -0.1) is 13.2 Å². The van der Waals surface area contributed by atoms with E-state index in [1.54, 1.807) is 0 Å². The number of nitrogens with zero attached hydrogens (tertiary/aromatic N) is 1. The summed E-state index contributed by atoms with van der Waals surface area (Å²) in [6, 6.07) is 1.13. The van der Waals surface area contributed by atoms with Gasteiger partial charge in [0, 0.05) is 6.54 Å². The standard InChI is InChI=1S/C10H10F3IN2O3/c1-2-18-9(17)6-3-5(4-15)16-8(14)7(6)19-10(11,12)13/h3H,2,4,15H2,1H3. The van der Waals surface area contributed by atoms with E-state index in [1.807, 2.05) is 0 Å². The molecule has 0 aliphatic heterocycles. The van der Waals surface area contributed by atoms with Crippen LogP contribution >= 0.6 is 22.6 Å². The Morgan fingerprint density at radius 2 is 2.16 bits per heavy atom. The molecule has 2 N–H and O–H groups in total. The molecule has 0 unspecified atom stereocenters. The minimum Gasteiger partial charge on any atom is -0.462 e. The number of carbonyl (C=O) groups excluding carboxylic acids is 1. The fourth-order valence-electron chi connectivity index (χ4n) is 1.23. The zero-order chi connectivity index (χ0) is 14.6. The Morgan fingerprint density at radius 3 is 2.63 bits per heavy atom. The smallest absolute Gasteiger partial charge is 0.462 e. The molecule has 0 saturated carbocycles. The minimum absolute atomic E-state index is 0.0191. The minimum atomic E-state index is -4.92. The third-order valence-electron chi connectivity index (χ3n) is 1.91. The predicted molar refractivity (Wildman–Crippen MR) is 67.5 cm³/mol. The molecule has 0 spiro atoms. The second-order valence-corrected chi connectivity index (χ2v) is 4.28. The van der Waals surface area contributed by atoms with Gasteiger partial charge in [-0.25, -0.2) is 9.78 Å². The van der Waals surface area contributed by atoms with Gasteiger partial charge in [-0.05, 0) is 35.6 Å². The van der Waals surface area contributed by atoms with Gasteiger partial charge in [0.2, 0.25) is 0 Å². The van der Waals surface area contributed by atoms with Gasteiger partial charge in [-0.2, -0.15) is 0 Å². The number of hydrogen-bond donors (Lipinski definition) is 1. The van der Waals surface area contributed by atoms with Crippen molar-refractivity contribution in [1.82, 2.24) is 4.98 Å². The van der Waals surface area contributed by atoms with Crippen LogP contribution in [0.2, 0.25) is 0 Å². The molecule has 19 heavy (non-hydrogen) atoms. The van der Waals surface area contributed by atoms with Gasteiger partial charge in [0.25, 0.3) is 0 Å². The van der Waals surface area contributed by atoms with E-state index >= 15 is 0 Å². The summed E-state index contributed by atoms with van der Waals surface area (Å²) in [5, 5.41) is 0. The largest absolute Gasteiger partial charge is 0.573 e. The fourth-order valence-corrected chi connectivity index (χ4v) is 1.94. The van der Waals surface area contributed by atoms with Crippen molar-refractivity contribution < 1.29 is 27.4 Å². The van der Waals surface area contributed by atoms with Gasteiger partial charge < -0.3 is 15.2 Å². The zero-order valence-electron chi connectivity index (χ0n) is 9.75. The van der Waals surface area contributed by atoms with Crippen LogP contribution < -0.4 is 10.5 Å². The van der Waals surface area contributed by atoms with Gasteiger partial charge in [0.05, 0.1) is 12.3 Å². The SMILES string of the molecule is CCOC(=O)c1cc(CN)nc(I)c1OC(F)(F)F. The average Bonchev–Trinajstić information content (AvgIpc) is 2.30. The molecule has 1 aromatic rings. The summed E-state index contributed by atoms with van der Waals surface area (Å²) in [5.41, 5.74) is 5.28. The number of alkyl halides is 3. The first-order valence-corrected chi connectivity index (χ1v) is 6.18. The third-order valence-corrected chi connectivity index (χ3v) is 2.64. The topological polar surface area (TPSA) is 74.4 Å². The highest BCUT2D eigenvalue weighted by molar-refractivity contribution is 14.1. The van der Waals surface area contributed by atoms with E-state index in [0.29, 0.717) is 0 Å². The molecule has 0 amide bonds. The summed E-state index contributed by atoms with van der Waals surface area (Å²) in [4.78, 5) is 15.4. The molecule has 1 heterocycles. The number of hydrogen-bond acceptors (Lipinski definition) is 5. The maximum Gasteiger partial charge on any atom is 0.573 e. The summed E-state index contributed by atoms with van der Waals surface area (Å²) in [7, 11) is 0. The second-order valence-electron chi connectivity index (χ2n) is 3.25. The first kappa shape index (κ1) is 16.0. The molecular formula is C10H10F3IN2O3. The molecule has 0 radical (unpaired) electrons. The molecule has 0 atom stereocenters. The van der Waals surface area contributed by atoms with Gasteiger partial charge >= 0.3 is 12.3 Å². The average molecular weight is 390 g/mol. The van der Waals surface area contributed by atoms with Crippen molar-refractivity contribution in [3.63, 3.8) is 0 Å². The van der Waals surface area contributed by atoms with Crippen molar-refractivity contribution >= 4 is 28.6 Å². The van der Waals surface area contributed by atoms with Crippen molar-refractivity contribution in [3.05, 3.63) is 21.0 Å². The lowest BCUT2D eigenvalue weighted by atomic mass is 10.2. The van der Waals surface area contributed by atoms with Crippen molar-refractivity contribution in [3.8, 4) is 5.75 Å². The Bertz CT molecular complexity index is 480. The maximum absolute atomic E-state index is 12.3. The summed E-state index contributed by atoms with van der Waals surface area (Å²) in [5.74, 6) is -1.60. The zero-order valence-corrected chi connectivity index (χ0v) is 11.9. The van der Waals surface area contributed by atoms with Crippen molar-refractivity contribution in [1.29, 1.82) is 0 Å². The van der Waals surface area contributed by atoms with E-state index < -0.39 is 18.1 Å². The van der Waals surface area contributed by atoms with Gasteiger partial charge in [-0.1, -0.05) is 0 Å². The number of aromatic nitrogens is 1. The Balaban J connectivity index is 3.29. The first-order chi connectivity index (χ1) is 8.78. The first-order valence-electron chi connectivity index (χ1n) is 5.10. The van der Waals surface area contributed by atoms with E-state index in [4.69, 9.17) is 5.73 Å². The van der Waals surface area contributed by atoms with Crippen molar-refractivity contribution in [2.45, 2.75) is 19.8 Å². The Morgan fingerprint density at radius 1 is 1.53 bits per heavy atom. The summed E-state index contributed by atoms with van der Waals surface area (Å²) in [6.07, 6.45) is -4.92. The molecule has 0 bridgehead atoms.